The van der Waals surface area contributed by atoms with E-state index in [2.05, 4.69) is 18.7 Å². The predicted molar refractivity (Wildman–Crippen MR) is 109 cm³/mol. The van der Waals surface area contributed by atoms with E-state index < -0.39 is 0 Å². The lowest BCUT2D eigenvalue weighted by Crippen LogP contribution is -2.38. The lowest BCUT2D eigenvalue weighted by Gasteiger charge is -2.22. The van der Waals surface area contributed by atoms with Gasteiger partial charge in [0.25, 0.3) is 5.91 Å². The van der Waals surface area contributed by atoms with Gasteiger partial charge in [-0.2, -0.15) is 0 Å². The van der Waals surface area contributed by atoms with Crippen LogP contribution in [0.1, 0.15) is 37.3 Å². The van der Waals surface area contributed by atoms with E-state index in [1.807, 2.05) is 41.3 Å². The summed E-state index contributed by atoms with van der Waals surface area (Å²) in [5.74, 6) is 1.02. The van der Waals surface area contributed by atoms with Gasteiger partial charge in [0.2, 0.25) is 0 Å². The third-order valence-electron chi connectivity index (χ3n) is 5.17. The molecule has 0 atom stereocenters. The second-order valence-electron chi connectivity index (χ2n) is 7.65. The topological polar surface area (TPSA) is 32.8 Å². The van der Waals surface area contributed by atoms with Gasteiger partial charge in [0.15, 0.2) is 6.61 Å². The molecule has 0 radical (unpaired) electrons. The van der Waals surface area contributed by atoms with Gasteiger partial charge >= 0.3 is 0 Å². The van der Waals surface area contributed by atoms with Crippen molar-refractivity contribution in [2.24, 2.45) is 0 Å². The standard InChI is InChI=1S/C23H29FN2O2/c1-18(2)20-6-10-22(11-7-20)28-17-23(27)26-13-3-12-25(14-15-26)16-19-4-8-21(24)9-5-19/h4-11,18H,3,12-17H2,1-2H3. The number of benzene rings is 2. The molecule has 2 aromatic rings. The van der Waals surface area contributed by atoms with Crippen molar-refractivity contribution < 1.29 is 13.9 Å². The normalized spacial score (nSPS) is 15.5. The number of carbonyl (C=O) groups is 1. The van der Waals surface area contributed by atoms with Crippen molar-refractivity contribution in [3.63, 3.8) is 0 Å². The van der Waals surface area contributed by atoms with Gasteiger partial charge in [0.1, 0.15) is 11.6 Å². The molecule has 5 heteroatoms. The maximum atomic E-state index is 13.1. The molecular formula is C23H29FN2O2. The molecule has 1 fully saturated rings. The Bertz CT molecular complexity index is 759. The van der Waals surface area contributed by atoms with E-state index in [1.165, 1.54) is 17.7 Å². The molecule has 0 aliphatic carbocycles. The van der Waals surface area contributed by atoms with Gasteiger partial charge in [-0.3, -0.25) is 9.69 Å². The van der Waals surface area contributed by atoms with Crippen LogP contribution < -0.4 is 4.74 Å². The lowest BCUT2D eigenvalue weighted by atomic mass is 10.0. The first-order valence-corrected chi connectivity index (χ1v) is 9.98. The SMILES string of the molecule is CC(C)c1ccc(OCC(=O)N2CCCN(Cc3ccc(F)cc3)CC2)cc1. The monoisotopic (exact) mass is 384 g/mol. The third kappa shape index (κ3) is 5.80. The predicted octanol–water partition coefficient (Wildman–Crippen LogP) is 4.06. The molecule has 3 rings (SSSR count). The van der Waals surface area contributed by atoms with E-state index in [4.69, 9.17) is 4.74 Å². The molecule has 1 heterocycles. The van der Waals surface area contributed by atoms with Gasteiger partial charge in [-0.1, -0.05) is 38.1 Å². The zero-order chi connectivity index (χ0) is 19.9. The molecule has 0 N–H and O–H groups in total. The molecule has 0 saturated carbocycles. The fourth-order valence-electron chi connectivity index (χ4n) is 3.41. The van der Waals surface area contributed by atoms with Crippen LogP contribution in [0.4, 0.5) is 4.39 Å². The number of carbonyl (C=O) groups excluding carboxylic acids is 1. The van der Waals surface area contributed by atoms with E-state index >= 15 is 0 Å². The van der Waals surface area contributed by atoms with Gasteiger partial charge in [-0.15, -0.1) is 0 Å². The van der Waals surface area contributed by atoms with E-state index in [1.54, 1.807) is 0 Å². The van der Waals surface area contributed by atoms with Crippen LogP contribution in [0.25, 0.3) is 0 Å². The maximum absolute atomic E-state index is 13.1. The highest BCUT2D eigenvalue weighted by molar-refractivity contribution is 5.77. The molecular weight excluding hydrogens is 355 g/mol. The first-order chi connectivity index (χ1) is 13.5. The zero-order valence-electron chi connectivity index (χ0n) is 16.7. The quantitative estimate of drug-likeness (QED) is 0.753. The number of rotatable bonds is 6. The Morgan fingerprint density at radius 2 is 1.71 bits per heavy atom. The third-order valence-corrected chi connectivity index (χ3v) is 5.17. The van der Waals surface area contributed by atoms with Crippen LogP contribution in [-0.4, -0.2) is 48.5 Å². The van der Waals surface area contributed by atoms with Gasteiger partial charge in [-0.05, 0) is 47.7 Å². The smallest absolute Gasteiger partial charge is 0.260 e. The largest absolute Gasteiger partial charge is 0.484 e. The highest BCUT2D eigenvalue weighted by Crippen LogP contribution is 2.18. The first kappa shape index (κ1) is 20.3. The highest BCUT2D eigenvalue weighted by atomic mass is 19.1. The van der Waals surface area contributed by atoms with Crippen molar-refractivity contribution in [3.8, 4) is 5.75 Å². The number of hydrogen-bond donors (Lipinski definition) is 0. The summed E-state index contributed by atoms with van der Waals surface area (Å²) >= 11 is 0. The summed E-state index contributed by atoms with van der Waals surface area (Å²) in [7, 11) is 0. The summed E-state index contributed by atoms with van der Waals surface area (Å²) in [4.78, 5) is 16.7. The van der Waals surface area contributed by atoms with E-state index in [-0.39, 0.29) is 18.3 Å². The molecule has 150 valence electrons. The molecule has 0 spiro atoms. The number of nitrogens with zero attached hydrogens (tertiary/aromatic N) is 2. The Morgan fingerprint density at radius 1 is 1.00 bits per heavy atom. The summed E-state index contributed by atoms with van der Waals surface area (Å²) in [5.41, 5.74) is 2.35. The minimum Gasteiger partial charge on any atom is -0.484 e. The van der Waals surface area contributed by atoms with Crippen LogP contribution in [0, 0.1) is 5.82 Å². The molecule has 0 unspecified atom stereocenters. The van der Waals surface area contributed by atoms with Gasteiger partial charge < -0.3 is 9.64 Å². The molecule has 2 aromatic carbocycles. The van der Waals surface area contributed by atoms with Crippen LogP contribution in [0.15, 0.2) is 48.5 Å². The van der Waals surface area contributed by atoms with Gasteiger partial charge in [0.05, 0.1) is 0 Å². The molecule has 0 bridgehead atoms. The summed E-state index contributed by atoms with van der Waals surface area (Å²) in [6, 6.07) is 14.6. The minimum absolute atomic E-state index is 0.0246. The Hall–Kier alpha value is -2.40. The van der Waals surface area contributed by atoms with Crippen molar-refractivity contribution in [2.75, 3.05) is 32.8 Å². The van der Waals surface area contributed by atoms with Crippen molar-refractivity contribution in [1.82, 2.24) is 9.80 Å². The summed E-state index contributed by atoms with van der Waals surface area (Å²) in [6.45, 7) is 8.32. The number of amides is 1. The van der Waals surface area contributed by atoms with Crippen molar-refractivity contribution in [3.05, 3.63) is 65.5 Å². The van der Waals surface area contributed by atoms with Crippen LogP contribution >= 0.6 is 0 Å². The van der Waals surface area contributed by atoms with Crippen molar-refractivity contribution >= 4 is 5.91 Å². The Kier molecular flexibility index (Phi) is 7.04. The second-order valence-corrected chi connectivity index (χ2v) is 7.65. The molecule has 4 nitrogen and oxygen atoms in total. The Morgan fingerprint density at radius 3 is 2.39 bits per heavy atom. The van der Waals surface area contributed by atoms with Crippen LogP contribution in [0.5, 0.6) is 5.75 Å². The number of halogens is 1. The number of ether oxygens (including phenoxy) is 1. The van der Waals surface area contributed by atoms with Gasteiger partial charge in [0, 0.05) is 32.7 Å². The summed E-state index contributed by atoms with van der Waals surface area (Å²) in [5, 5.41) is 0. The van der Waals surface area contributed by atoms with Crippen LogP contribution in [-0.2, 0) is 11.3 Å². The summed E-state index contributed by atoms with van der Waals surface area (Å²) in [6.07, 6.45) is 0.927. The molecule has 1 saturated heterocycles. The molecule has 28 heavy (non-hydrogen) atoms. The van der Waals surface area contributed by atoms with Crippen molar-refractivity contribution in [1.29, 1.82) is 0 Å². The average molecular weight is 384 g/mol. The van der Waals surface area contributed by atoms with Crippen molar-refractivity contribution in [2.45, 2.75) is 32.7 Å². The zero-order valence-corrected chi connectivity index (χ0v) is 16.7. The Balaban J connectivity index is 1.46. The first-order valence-electron chi connectivity index (χ1n) is 9.98. The molecule has 1 amide bonds. The average Bonchev–Trinajstić information content (AvgIpc) is 2.94. The minimum atomic E-state index is -0.213. The fraction of sp³-hybridized carbons (Fsp3) is 0.435. The van der Waals surface area contributed by atoms with E-state index in [0.29, 0.717) is 12.5 Å². The Labute approximate surface area is 166 Å². The molecule has 1 aliphatic rings. The maximum Gasteiger partial charge on any atom is 0.260 e. The lowest BCUT2D eigenvalue weighted by molar-refractivity contribution is -0.133. The number of hydrogen-bond acceptors (Lipinski definition) is 3. The van der Waals surface area contributed by atoms with Crippen LogP contribution in [0.3, 0.4) is 0 Å². The van der Waals surface area contributed by atoms with E-state index in [0.717, 1.165) is 43.9 Å². The van der Waals surface area contributed by atoms with Gasteiger partial charge in [-0.25, -0.2) is 4.39 Å². The second kappa shape index (κ2) is 9.69. The summed E-state index contributed by atoms with van der Waals surface area (Å²) < 4.78 is 18.7. The van der Waals surface area contributed by atoms with Crippen LogP contribution in [0.2, 0.25) is 0 Å². The van der Waals surface area contributed by atoms with E-state index in [9.17, 15) is 9.18 Å². The highest BCUT2D eigenvalue weighted by Gasteiger charge is 2.19. The fourth-order valence-corrected chi connectivity index (χ4v) is 3.41. The molecule has 1 aliphatic heterocycles. The molecule has 0 aromatic heterocycles.